The van der Waals surface area contributed by atoms with Crippen LogP contribution >= 0.6 is 24.0 Å². The number of nitrogens with zero attached hydrogens (tertiary/aromatic N) is 1. The minimum atomic E-state index is -3.16. The van der Waals surface area contributed by atoms with Crippen LogP contribution in [0, 0.1) is 0 Å². The maximum absolute atomic E-state index is 11.5. The van der Waals surface area contributed by atoms with Gasteiger partial charge in [0.25, 0.3) is 0 Å². The lowest BCUT2D eigenvalue weighted by Crippen LogP contribution is -2.38. The maximum atomic E-state index is 11.5. The second-order valence-electron chi connectivity index (χ2n) is 5.77. The molecule has 0 aromatic heterocycles. The summed E-state index contributed by atoms with van der Waals surface area (Å²) in [5.41, 5.74) is 2.25. The van der Waals surface area contributed by atoms with Gasteiger partial charge < -0.3 is 10.6 Å². The fourth-order valence-electron chi connectivity index (χ4n) is 2.32. The van der Waals surface area contributed by atoms with Gasteiger partial charge in [-0.05, 0) is 36.6 Å². The van der Waals surface area contributed by atoms with Crippen molar-refractivity contribution in [2.75, 3.05) is 19.3 Å². The number of sulfone groups is 1. The van der Waals surface area contributed by atoms with Crippen molar-refractivity contribution >= 4 is 39.8 Å². The molecule has 0 radical (unpaired) electrons. The summed E-state index contributed by atoms with van der Waals surface area (Å²) in [6.07, 6.45) is 2.13. The van der Waals surface area contributed by atoms with Crippen LogP contribution in [-0.4, -0.2) is 33.7 Å². The lowest BCUT2D eigenvalue weighted by atomic mass is 10.1. The molecule has 0 aliphatic carbocycles. The predicted octanol–water partition coefficient (Wildman–Crippen LogP) is 3.01. The third-order valence-electron chi connectivity index (χ3n) is 3.66. The molecule has 0 aliphatic rings. The summed E-state index contributed by atoms with van der Waals surface area (Å²) < 4.78 is 23.0. The van der Waals surface area contributed by atoms with Crippen molar-refractivity contribution in [1.82, 2.24) is 10.6 Å². The molecule has 0 fully saturated rings. The van der Waals surface area contributed by atoms with Crippen LogP contribution in [0.5, 0.6) is 0 Å². The van der Waals surface area contributed by atoms with Crippen molar-refractivity contribution in [2.24, 2.45) is 4.99 Å². The van der Waals surface area contributed by atoms with Crippen molar-refractivity contribution in [3.05, 3.63) is 65.7 Å². The quantitative estimate of drug-likeness (QED) is 0.358. The van der Waals surface area contributed by atoms with E-state index in [1.807, 2.05) is 25.1 Å². The van der Waals surface area contributed by atoms with E-state index < -0.39 is 9.84 Å². The van der Waals surface area contributed by atoms with E-state index in [-0.39, 0.29) is 24.0 Å². The first kappa shape index (κ1) is 22.4. The molecule has 2 aromatic carbocycles. The summed E-state index contributed by atoms with van der Waals surface area (Å²) in [6, 6.07) is 17.1. The van der Waals surface area contributed by atoms with E-state index in [2.05, 4.69) is 27.8 Å². The SMILES string of the molecule is CCNC(=NCc1ccc(S(C)(=O)=O)cc1)NCCc1ccccc1.I. The molecule has 2 N–H and O–H groups in total. The summed E-state index contributed by atoms with van der Waals surface area (Å²) in [6.45, 7) is 4.09. The molecule has 0 bridgehead atoms. The average Bonchev–Trinajstić information content (AvgIpc) is 2.60. The Morgan fingerprint density at radius 2 is 1.62 bits per heavy atom. The molecule has 0 saturated carbocycles. The molecule has 2 aromatic rings. The Hall–Kier alpha value is -1.61. The van der Waals surface area contributed by atoms with Crippen LogP contribution < -0.4 is 10.6 Å². The van der Waals surface area contributed by atoms with E-state index in [0.717, 1.165) is 31.0 Å². The molecule has 0 spiro atoms. The second-order valence-corrected chi connectivity index (χ2v) is 7.79. The van der Waals surface area contributed by atoms with E-state index >= 15 is 0 Å². The number of hydrogen-bond donors (Lipinski definition) is 2. The molecule has 0 aliphatic heterocycles. The summed E-state index contributed by atoms with van der Waals surface area (Å²) in [5, 5.41) is 6.54. The topological polar surface area (TPSA) is 70.6 Å². The zero-order valence-corrected chi connectivity index (χ0v) is 18.3. The Morgan fingerprint density at radius 1 is 0.962 bits per heavy atom. The smallest absolute Gasteiger partial charge is 0.191 e. The second kappa shape index (κ2) is 11.2. The van der Waals surface area contributed by atoms with E-state index in [1.54, 1.807) is 24.3 Å². The molecular formula is C19H26IN3O2S. The Kier molecular flexibility index (Phi) is 9.64. The zero-order chi connectivity index (χ0) is 18.1. The zero-order valence-electron chi connectivity index (χ0n) is 15.1. The van der Waals surface area contributed by atoms with Gasteiger partial charge in [-0.3, -0.25) is 0 Å². The molecule has 0 saturated heterocycles. The molecule has 7 heteroatoms. The first-order chi connectivity index (χ1) is 12.0. The molecule has 0 unspecified atom stereocenters. The fraction of sp³-hybridized carbons (Fsp3) is 0.316. The van der Waals surface area contributed by atoms with Crippen molar-refractivity contribution < 1.29 is 8.42 Å². The molecule has 142 valence electrons. The number of aliphatic imine (C=N–C) groups is 1. The highest BCUT2D eigenvalue weighted by Gasteiger charge is 2.06. The highest BCUT2D eigenvalue weighted by molar-refractivity contribution is 14.0. The van der Waals surface area contributed by atoms with Gasteiger partial charge in [-0.1, -0.05) is 42.5 Å². The summed E-state index contributed by atoms with van der Waals surface area (Å²) in [4.78, 5) is 4.88. The highest BCUT2D eigenvalue weighted by atomic mass is 127. The Bertz CT molecular complexity index is 791. The maximum Gasteiger partial charge on any atom is 0.191 e. The minimum absolute atomic E-state index is 0. The van der Waals surface area contributed by atoms with Crippen LogP contribution in [0.2, 0.25) is 0 Å². The largest absolute Gasteiger partial charge is 0.357 e. The van der Waals surface area contributed by atoms with Gasteiger partial charge >= 0.3 is 0 Å². The summed E-state index contributed by atoms with van der Waals surface area (Å²) in [5.74, 6) is 0.755. The van der Waals surface area contributed by atoms with Gasteiger partial charge in [0, 0.05) is 19.3 Å². The minimum Gasteiger partial charge on any atom is -0.357 e. The van der Waals surface area contributed by atoms with Gasteiger partial charge in [0.05, 0.1) is 11.4 Å². The van der Waals surface area contributed by atoms with Crippen molar-refractivity contribution in [2.45, 2.75) is 24.8 Å². The number of rotatable bonds is 7. The fourth-order valence-corrected chi connectivity index (χ4v) is 2.95. The number of guanidine groups is 1. The van der Waals surface area contributed by atoms with Crippen LogP contribution in [-0.2, 0) is 22.8 Å². The van der Waals surface area contributed by atoms with E-state index in [0.29, 0.717) is 11.4 Å². The predicted molar refractivity (Wildman–Crippen MR) is 118 cm³/mol. The molecule has 5 nitrogen and oxygen atoms in total. The molecule has 0 heterocycles. The normalized spacial score (nSPS) is 11.5. The van der Waals surface area contributed by atoms with Crippen LogP contribution in [0.4, 0.5) is 0 Å². The van der Waals surface area contributed by atoms with Crippen molar-refractivity contribution in [3.8, 4) is 0 Å². The standard InChI is InChI=1S/C19H25N3O2S.HI/c1-3-20-19(21-14-13-16-7-5-4-6-8-16)22-15-17-9-11-18(12-10-17)25(2,23)24;/h4-12H,3,13-15H2,1-2H3,(H2,20,21,22);1H. The van der Waals surface area contributed by atoms with Crippen LogP contribution in [0.15, 0.2) is 64.5 Å². The number of hydrogen-bond acceptors (Lipinski definition) is 3. The third kappa shape index (κ3) is 7.74. The van der Waals surface area contributed by atoms with Gasteiger partial charge in [0.1, 0.15) is 0 Å². The Morgan fingerprint density at radius 3 is 2.19 bits per heavy atom. The van der Waals surface area contributed by atoms with Crippen molar-refractivity contribution in [3.63, 3.8) is 0 Å². The Balaban J connectivity index is 0.00000338. The van der Waals surface area contributed by atoms with Gasteiger partial charge in [0.2, 0.25) is 0 Å². The van der Waals surface area contributed by atoms with Gasteiger partial charge in [-0.2, -0.15) is 0 Å². The number of halogens is 1. The average molecular weight is 487 g/mol. The third-order valence-corrected chi connectivity index (χ3v) is 4.79. The first-order valence-corrected chi connectivity index (χ1v) is 10.2. The van der Waals surface area contributed by atoms with Gasteiger partial charge in [0.15, 0.2) is 15.8 Å². The molecule has 2 rings (SSSR count). The van der Waals surface area contributed by atoms with Crippen LogP contribution in [0.1, 0.15) is 18.1 Å². The van der Waals surface area contributed by atoms with Crippen LogP contribution in [0.3, 0.4) is 0 Å². The number of benzene rings is 2. The molecule has 26 heavy (non-hydrogen) atoms. The van der Waals surface area contributed by atoms with E-state index in [4.69, 9.17) is 0 Å². The first-order valence-electron chi connectivity index (χ1n) is 8.34. The van der Waals surface area contributed by atoms with Gasteiger partial charge in [-0.25, -0.2) is 13.4 Å². The summed E-state index contributed by atoms with van der Waals surface area (Å²) in [7, 11) is -3.16. The van der Waals surface area contributed by atoms with Crippen molar-refractivity contribution in [1.29, 1.82) is 0 Å². The summed E-state index contributed by atoms with van der Waals surface area (Å²) >= 11 is 0. The lowest BCUT2D eigenvalue weighted by Gasteiger charge is -2.11. The number of nitrogens with one attached hydrogen (secondary N) is 2. The molecule has 0 atom stereocenters. The van der Waals surface area contributed by atoms with E-state index in [9.17, 15) is 8.42 Å². The monoisotopic (exact) mass is 487 g/mol. The lowest BCUT2D eigenvalue weighted by molar-refractivity contribution is 0.602. The molecule has 0 amide bonds. The van der Waals surface area contributed by atoms with E-state index in [1.165, 1.54) is 11.8 Å². The van der Waals surface area contributed by atoms with Gasteiger partial charge in [-0.15, -0.1) is 24.0 Å². The molecular weight excluding hydrogens is 461 g/mol. The Labute approximate surface area is 173 Å². The highest BCUT2D eigenvalue weighted by Crippen LogP contribution is 2.11. The van der Waals surface area contributed by atoms with Crippen LogP contribution in [0.25, 0.3) is 0 Å².